The smallest absolute Gasteiger partial charge is 0.119 e. The lowest BCUT2D eigenvalue weighted by Gasteiger charge is -2.37. The molecule has 2 heteroatoms. The van der Waals surface area contributed by atoms with Crippen molar-refractivity contribution in [3.05, 3.63) is 29.8 Å². The minimum Gasteiger partial charge on any atom is -0.494 e. The quantitative estimate of drug-likeness (QED) is 0.868. The van der Waals surface area contributed by atoms with E-state index in [2.05, 4.69) is 19.1 Å². The van der Waals surface area contributed by atoms with Gasteiger partial charge >= 0.3 is 0 Å². The molecule has 0 heterocycles. The van der Waals surface area contributed by atoms with Crippen molar-refractivity contribution in [2.24, 2.45) is 11.7 Å². The fourth-order valence-corrected chi connectivity index (χ4v) is 2.92. The molecule has 0 bridgehead atoms. The molecule has 1 saturated carbocycles. The SMILES string of the molecule is CCOc1cccc(C2(N)CCCC(C)C2)c1. The minimum absolute atomic E-state index is 0.148. The first-order chi connectivity index (χ1) is 8.14. The summed E-state index contributed by atoms with van der Waals surface area (Å²) in [6, 6.07) is 8.30. The van der Waals surface area contributed by atoms with E-state index < -0.39 is 0 Å². The molecule has 0 aromatic heterocycles. The van der Waals surface area contributed by atoms with Crippen molar-refractivity contribution in [1.29, 1.82) is 0 Å². The Hall–Kier alpha value is -1.02. The van der Waals surface area contributed by atoms with Crippen molar-refractivity contribution in [1.82, 2.24) is 0 Å². The van der Waals surface area contributed by atoms with Crippen LogP contribution < -0.4 is 10.5 Å². The molecule has 0 spiro atoms. The Morgan fingerprint density at radius 1 is 1.47 bits per heavy atom. The molecule has 2 rings (SSSR count). The average Bonchev–Trinajstić information content (AvgIpc) is 2.29. The van der Waals surface area contributed by atoms with E-state index in [0.717, 1.165) is 24.5 Å². The van der Waals surface area contributed by atoms with Crippen LogP contribution in [0.2, 0.25) is 0 Å². The van der Waals surface area contributed by atoms with Crippen LogP contribution in [-0.2, 0) is 5.54 Å². The molecule has 17 heavy (non-hydrogen) atoms. The highest BCUT2D eigenvalue weighted by molar-refractivity contribution is 5.33. The zero-order valence-corrected chi connectivity index (χ0v) is 10.9. The van der Waals surface area contributed by atoms with Crippen molar-refractivity contribution >= 4 is 0 Å². The first-order valence-corrected chi connectivity index (χ1v) is 6.66. The molecule has 1 aromatic carbocycles. The second-order valence-electron chi connectivity index (χ2n) is 5.32. The summed E-state index contributed by atoms with van der Waals surface area (Å²) in [4.78, 5) is 0. The van der Waals surface area contributed by atoms with Gasteiger partial charge in [0.05, 0.1) is 6.61 Å². The summed E-state index contributed by atoms with van der Waals surface area (Å²) < 4.78 is 5.55. The molecule has 2 atom stereocenters. The zero-order valence-electron chi connectivity index (χ0n) is 10.9. The molecule has 1 aliphatic carbocycles. The number of hydrogen-bond donors (Lipinski definition) is 1. The lowest BCUT2D eigenvalue weighted by molar-refractivity contribution is 0.238. The van der Waals surface area contributed by atoms with Crippen molar-refractivity contribution in [2.45, 2.75) is 45.1 Å². The lowest BCUT2D eigenvalue weighted by atomic mass is 9.73. The molecule has 0 saturated heterocycles. The number of benzene rings is 1. The molecular weight excluding hydrogens is 210 g/mol. The summed E-state index contributed by atoms with van der Waals surface area (Å²) >= 11 is 0. The second kappa shape index (κ2) is 5.09. The van der Waals surface area contributed by atoms with Gasteiger partial charge in [-0.3, -0.25) is 0 Å². The largest absolute Gasteiger partial charge is 0.494 e. The first kappa shape index (κ1) is 12.4. The molecule has 2 unspecified atom stereocenters. The summed E-state index contributed by atoms with van der Waals surface area (Å²) in [6.07, 6.45) is 4.72. The highest BCUT2D eigenvalue weighted by atomic mass is 16.5. The fraction of sp³-hybridized carbons (Fsp3) is 0.600. The zero-order chi connectivity index (χ0) is 12.3. The van der Waals surface area contributed by atoms with Gasteiger partial charge in [0, 0.05) is 5.54 Å². The van der Waals surface area contributed by atoms with Crippen molar-refractivity contribution < 1.29 is 4.74 Å². The normalized spacial score (nSPS) is 29.0. The van der Waals surface area contributed by atoms with Gasteiger partial charge in [-0.15, -0.1) is 0 Å². The Bertz CT molecular complexity index is 377. The van der Waals surface area contributed by atoms with E-state index in [1.807, 2.05) is 19.1 Å². The van der Waals surface area contributed by atoms with Crippen LogP contribution in [0, 0.1) is 5.92 Å². The summed E-state index contributed by atoms with van der Waals surface area (Å²) in [5.74, 6) is 1.66. The highest BCUT2D eigenvalue weighted by Crippen LogP contribution is 2.38. The fourth-order valence-electron chi connectivity index (χ4n) is 2.92. The molecular formula is C15H23NO. The van der Waals surface area contributed by atoms with Crippen LogP contribution >= 0.6 is 0 Å². The molecule has 2 nitrogen and oxygen atoms in total. The van der Waals surface area contributed by atoms with Gasteiger partial charge in [-0.05, 0) is 43.4 Å². The maximum Gasteiger partial charge on any atom is 0.119 e. The number of ether oxygens (including phenoxy) is 1. The summed E-state index contributed by atoms with van der Waals surface area (Å²) in [5, 5.41) is 0. The predicted molar refractivity (Wildman–Crippen MR) is 71.1 cm³/mol. The van der Waals surface area contributed by atoms with E-state index in [1.54, 1.807) is 0 Å². The van der Waals surface area contributed by atoms with Crippen LogP contribution in [0.25, 0.3) is 0 Å². The lowest BCUT2D eigenvalue weighted by Crippen LogP contribution is -2.40. The van der Waals surface area contributed by atoms with E-state index >= 15 is 0 Å². The van der Waals surface area contributed by atoms with Gasteiger partial charge in [0.15, 0.2) is 0 Å². The second-order valence-corrected chi connectivity index (χ2v) is 5.32. The summed E-state index contributed by atoms with van der Waals surface area (Å²) in [7, 11) is 0. The summed E-state index contributed by atoms with van der Waals surface area (Å²) in [5.41, 5.74) is 7.66. The number of rotatable bonds is 3. The predicted octanol–water partition coefficient (Wildman–Crippen LogP) is 3.45. The van der Waals surface area contributed by atoms with E-state index in [4.69, 9.17) is 10.5 Å². The van der Waals surface area contributed by atoms with Gasteiger partial charge in [0.25, 0.3) is 0 Å². The number of hydrogen-bond acceptors (Lipinski definition) is 2. The monoisotopic (exact) mass is 233 g/mol. The van der Waals surface area contributed by atoms with E-state index in [9.17, 15) is 0 Å². The highest BCUT2D eigenvalue weighted by Gasteiger charge is 2.32. The van der Waals surface area contributed by atoms with Crippen LogP contribution in [0.4, 0.5) is 0 Å². The van der Waals surface area contributed by atoms with Crippen LogP contribution in [0.3, 0.4) is 0 Å². The van der Waals surface area contributed by atoms with Crippen molar-refractivity contribution in [3.63, 3.8) is 0 Å². The topological polar surface area (TPSA) is 35.2 Å². The van der Waals surface area contributed by atoms with Crippen molar-refractivity contribution in [3.8, 4) is 5.75 Å². The summed E-state index contributed by atoms with van der Waals surface area (Å²) in [6.45, 7) is 5.01. The van der Waals surface area contributed by atoms with Gasteiger partial charge < -0.3 is 10.5 Å². The van der Waals surface area contributed by atoms with Crippen LogP contribution in [0.15, 0.2) is 24.3 Å². The van der Waals surface area contributed by atoms with Gasteiger partial charge in [-0.25, -0.2) is 0 Å². The third kappa shape index (κ3) is 2.81. The van der Waals surface area contributed by atoms with Crippen LogP contribution in [-0.4, -0.2) is 6.61 Å². The van der Waals surface area contributed by atoms with E-state index in [0.29, 0.717) is 6.61 Å². The molecule has 2 N–H and O–H groups in total. The van der Waals surface area contributed by atoms with Crippen LogP contribution in [0.1, 0.15) is 45.1 Å². The van der Waals surface area contributed by atoms with Gasteiger partial charge in [-0.1, -0.05) is 31.9 Å². The van der Waals surface area contributed by atoms with Gasteiger partial charge in [0.1, 0.15) is 5.75 Å². The first-order valence-electron chi connectivity index (χ1n) is 6.66. The Balaban J connectivity index is 2.22. The molecule has 0 aliphatic heterocycles. The molecule has 1 fully saturated rings. The standard InChI is InChI=1S/C15H23NO/c1-3-17-14-8-4-7-13(10-14)15(16)9-5-6-12(2)11-15/h4,7-8,10,12H,3,5-6,9,11,16H2,1-2H3. The Morgan fingerprint density at radius 2 is 2.29 bits per heavy atom. The maximum absolute atomic E-state index is 6.58. The Kier molecular flexibility index (Phi) is 3.72. The van der Waals surface area contributed by atoms with Crippen molar-refractivity contribution in [2.75, 3.05) is 6.61 Å². The third-order valence-corrected chi connectivity index (χ3v) is 3.75. The third-order valence-electron chi connectivity index (χ3n) is 3.75. The van der Waals surface area contributed by atoms with Crippen LogP contribution in [0.5, 0.6) is 5.75 Å². The van der Waals surface area contributed by atoms with E-state index in [-0.39, 0.29) is 5.54 Å². The Labute approximate surface area is 104 Å². The molecule has 1 aromatic rings. The number of nitrogens with two attached hydrogens (primary N) is 1. The Morgan fingerprint density at radius 3 is 3.00 bits per heavy atom. The van der Waals surface area contributed by atoms with Gasteiger partial charge in [0.2, 0.25) is 0 Å². The minimum atomic E-state index is -0.148. The molecule has 1 aliphatic rings. The molecule has 0 radical (unpaired) electrons. The van der Waals surface area contributed by atoms with Gasteiger partial charge in [-0.2, -0.15) is 0 Å². The van der Waals surface area contributed by atoms with E-state index in [1.165, 1.54) is 18.4 Å². The maximum atomic E-state index is 6.58. The average molecular weight is 233 g/mol. The molecule has 94 valence electrons. The molecule has 0 amide bonds.